The monoisotopic (exact) mass is 149 g/mol. The van der Waals surface area contributed by atoms with Crippen LogP contribution >= 0.6 is 0 Å². The number of benzene rings is 1. The van der Waals surface area contributed by atoms with Crippen molar-refractivity contribution in [3.8, 4) is 5.75 Å². The fourth-order valence-electron chi connectivity index (χ4n) is 0.912. The van der Waals surface area contributed by atoms with Gasteiger partial charge in [-0.05, 0) is 18.2 Å². The molecule has 0 spiro atoms. The van der Waals surface area contributed by atoms with Crippen molar-refractivity contribution in [1.29, 1.82) is 0 Å². The van der Waals surface area contributed by atoms with Gasteiger partial charge >= 0.3 is 0 Å². The largest absolute Gasteiger partial charge is 0.496 e. The van der Waals surface area contributed by atoms with Crippen molar-refractivity contribution in [2.24, 2.45) is 0 Å². The number of ether oxygens (including phenoxy) is 1. The zero-order valence-electron chi connectivity index (χ0n) is 6.50. The van der Waals surface area contributed by atoms with E-state index in [4.69, 9.17) is 10.5 Å². The van der Waals surface area contributed by atoms with E-state index in [-0.39, 0.29) is 0 Å². The van der Waals surface area contributed by atoms with Crippen molar-refractivity contribution in [2.75, 3.05) is 12.8 Å². The van der Waals surface area contributed by atoms with Gasteiger partial charge in [0.2, 0.25) is 0 Å². The van der Waals surface area contributed by atoms with Gasteiger partial charge in [-0.15, -0.1) is 0 Å². The molecule has 0 aliphatic carbocycles. The van der Waals surface area contributed by atoms with Crippen LogP contribution in [0, 0.1) is 0 Å². The Labute approximate surface area is 66.3 Å². The van der Waals surface area contributed by atoms with Crippen LogP contribution in [0.15, 0.2) is 24.8 Å². The Balaban J connectivity index is 3.16. The summed E-state index contributed by atoms with van der Waals surface area (Å²) in [4.78, 5) is 0. The summed E-state index contributed by atoms with van der Waals surface area (Å²) < 4.78 is 5.06. The molecule has 58 valence electrons. The summed E-state index contributed by atoms with van der Waals surface area (Å²) in [5.41, 5.74) is 7.20. The first-order valence-electron chi connectivity index (χ1n) is 3.34. The molecule has 0 aromatic heterocycles. The highest BCUT2D eigenvalue weighted by Crippen LogP contribution is 2.21. The maximum absolute atomic E-state index is 5.55. The minimum absolute atomic E-state index is 0.723. The maximum Gasteiger partial charge on any atom is 0.126 e. The van der Waals surface area contributed by atoms with Gasteiger partial charge in [0.05, 0.1) is 7.11 Å². The molecule has 0 radical (unpaired) electrons. The van der Waals surface area contributed by atoms with Gasteiger partial charge in [0.25, 0.3) is 0 Å². The fourth-order valence-corrected chi connectivity index (χ4v) is 0.912. The Morgan fingerprint density at radius 1 is 1.55 bits per heavy atom. The lowest BCUT2D eigenvalue weighted by Crippen LogP contribution is -1.89. The Hall–Kier alpha value is -1.44. The average Bonchev–Trinajstić information content (AvgIpc) is 2.04. The van der Waals surface area contributed by atoms with E-state index in [0.717, 1.165) is 17.0 Å². The quantitative estimate of drug-likeness (QED) is 0.652. The molecule has 0 aliphatic rings. The normalized spacial score (nSPS) is 9.18. The lowest BCUT2D eigenvalue weighted by molar-refractivity contribution is 0.414. The average molecular weight is 149 g/mol. The van der Waals surface area contributed by atoms with Crippen LogP contribution in [0.1, 0.15) is 5.56 Å². The minimum atomic E-state index is 0.723. The van der Waals surface area contributed by atoms with Crippen molar-refractivity contribution in [3.63, 3.8) is 0 Å². The third-order valence-corrected chi connectivity index (χ3v) is 1.47. The lowest BCUT2D eigenvalue weighted by atomic mass is 10.2. The van der Waals surface area contributed by atoms with E-state index in [1.54, 1.807) is 19.3 Å². The Bertz CT molecular complexity index is 268. The third-order valence-electron chi connectivity index (χ3n) is 1.47. The van der Waals surface area contributed by atoms with Gasteiger partial charge in [-0.25, -0.2) is 0 Å². The van der Waals surface area contributed by atoms with Crippen molar-refractivity contribution >= 4 is 11.8 Å². The summed E-state index contributed by atoms with van der Waals surface area (Å²) in [6.45, 7) is 3.65. The standard InChI is InChI=1S/C9H11NO/c1-3-7-6-8(10)4-5-9(7)11-2/h3-6H,1,10H2,2H3. The molecule has 11 heavy (non-hydrogen) atoms. The Morgan fingerprint density at radius 3 is 2.82 bits per heavy atom. The summed E-state index contributed by atoms with van der Waals surface area (Å²) >= 11 is 0. The first-order chi connectivity index (χ1) is 5.27. The van der Waals surface area contributed by atoms with E-state index in [9.17, 15) is 0 Å². The van der Waals surface area contributed by atoms with Crippen LogP contribution in [-0.4, -0.2) is 7.11 Å². The van der Waals surface area contributed by atoms with Crippen LogP contribution < -0.4 is 10.5 Å². The van der Waals surface area contributed by atoms with E-state index in [1.807, 2.05) is 12.1 Å². The van der Waals surface area contributed by atoms with Gasteiger partial charge in [0, 0.05) is 11.3 Å². The Kier molecular flexibility index (Phi) is 2.16. The molecule has 1 rings (SSSR count). The first kappa shape index (κ1) is 7.66. The van der Waals surface area contributed by atoms with Crippen molar-refractivity contribution in [1.82, 2.24) is 0 Å². The lowest BCUT2D eigenvalue weighted by Gasteiger charge is -2.04. The molecule has 2 heteroatoms. The zero-order valence-corrected chi connectivity index (χ0v) is 6.50. The number of anilines is 1. The number of hydrogen-bond acceptors (Lipinski definition) is 2. The smallest absolute Gasteiger partial charge is 0.126 e. The highest BCUT2D eigenvalue weighted by Gasteiger charge is 1.97. The van der Waals surface area contributed by atoms with Crippen LogP contribution in [0.25, 0.3) is 6.08 Å². The molecule has 0 atom stereocenters. The van der Waals surface area contributed by atoms with E-state index < -0.39 is 0 Å². The van der Waals surface area contributed by atoms with Crippen molar-refractivity contribution in [3.05, 3.63) is 30.3 Å². The molecule has 0 fully saturated rings. The highest BCUT2D eigenvalue weighted by atomic mass is 16.5. The molecule has 0 bridgehead atoms. The summed E-state index contributed by atoms with van der Waals surface area (Å²) in [7, 11) is 1.62. The molecule has 2 nitrogen and oxygen atoms in total. The van der Waals surface area contributed by atoms with Crippen molar-refractivity contribution in [2.45, 2.75) is 0 Å². The van der Waals surface area contributed by atoms with Gasteiger partial charge in [-0.2, -0.15) is 0 Å². The molecule has 0 saturated heterocycles. The number of nitrogen functional groups attached to an aromatic ring is 1. The molecule has 0 aliphatic heterocycles. The molecular formula is C9H11NO. The molecule has 0 unspecified atom stereocenters. The van der Waals surface area contributed by atoms with Gasteiger partial charge in [0.1, 0.15) is 5.75 Å². The highest BCUT2D eigenvalue weighted by molar-refractivity contribution is 5.61. The molecule has 1 aromatic rings. The maximum atomic E-state index is 5.55. The summed E-state index contributed by atoms with van der Waals surface area (Å²) in [5.74, 6) is 0.800. The molecule has 2 N–H and O–H groups in total. The minimum Gasteiger partial charge on any atom is -0.496 e. The third kappa shape index (κ3) is 1.52. The summed E-state index contributed by atoms with van der Waals surface area (Å²) in [6.07, 6.45) is 1.72. The molecule has 1 aromatic carbocycles. The predicted molar refractivity (Wildman–Crippen MR) is 47.5 cm³/mol. The number of hydrogen-bond donors (Lipinski definition) is 1. The van der Waals surface area contributed by atoms with E-state index in [0.29, 0.717) is 0 Å². The SMILES string of the molecule is C=Cc1cc(N)ccc1OC. The van der Waals surface area contributed by atoms with Crippen molar-refractivity contribution < 1.29 is 4.74 Å². The second-order valence-electron chi connectivity index (χ2n) is 2.21. The van der Waals surface area contributed by atoms with Crippen LogP contribution in [-0.2, 0) is 0 Å². The van der Waals surface area contributed by atoms with Gasteiger partial charge in [-0.1, -0.05) is 12.7 Å². The number of rotatable bonds is 2. The van der Waals surface area contributed by atoms with Crippen LogP contribution in [0.2, 0.25) is 0 Å². The van der Waals surface area contributed by atoms with E-state index >= 15 is 0 Å². The topological polar surface area (TPSA) is 35.2 Å². The first-order valence-corrected chi connectivity index (χ1v) is 3.34. The molecular weight excluding hydrogens is 138 g/mol. The van der Waals surface area contributed by atoms with Crippen LogP contribution in [0.3, 0.4) is 0 Å². The fraction of sp³-hybridized carbons (Fsp3) is 0.111. The predicted octanol–water partition coefficient (Wildman–Crippen LogP) is 1.92. The Morgan fingerprint density at radius 2 is 2.27 bits per heavy atom. The van der Waals surface area contributed by atoms with Crippen LogP contribution in [0.4, 0.5) is 5.69 Å². The van der Waals surface area contributed by atoms with Gasteiger partial charge < -0.3 is 10.5 Å². The summed E-state index contributed by atoms with van der Waals surface area (Å²) in [5, 5.41) is 0. The van der Waals surface area contributed by atoms with Crippen LogP contribution in [0.5, 0.6) is 5.75 Å². The van der Waals surface area contributed by atoms with E-state index in [2.05, 4.69) is 6.58 Å². The molecule has 0 saturated carbocycles. The second-order valence-corrected chi connectivity index (χ2v) is 2.21. The number of nitrogens with two attached hydrogens (primary N) is 1. The van der Waals surface area contributed by atoms with Gasteiger partial charge in [-0.3, -0.25) is 0 Å². The second kappa shape index (κ2) is 3.10. The molecule has 0 heterocycles. The number of methoxy groups -OCH3 is 1. The van der Waals surface area contributed by atoms with E-state index in [1.165, 1.54) is 0 Å². The zero-order chi connectivity index (χ0) is 8.27. The molecule has 0 amide bonds. The summed E-state index contributed by atoms with van der Waals surface area (Å²) in [6, 6.07) is 5.45. The van der Waals surface area contributed by atoms with Gasteiger partial charge in [0.15, 0.2) is 0 Å².